The first-order valence-electron chi connectivity index (χ1n) is 9.02. The molecule has 0 aromatic heterocycles. The molecule has 2 N–H and O–H groups in total. The van der Waals surface area contributed by atoms with Gasteiger partial charge in [0.1, 0.15) is 0 Å². The lowest BCUT2D eigenvalue weighted by atomic mass is 9.94. The van der Waals surface area contributed by atoms with Crippen molar-refractivity contribution in [3.63, 3.8) is 0 Å². The lowest BCUT2D eigenvalue weighted by Gasteiger charge is -2.39. The van der Waals surface area contributed by atoms with Crippen molar-refractivity contribution in [1.29, 1.82) is 0 Å². The minimum Gasteiger partial charge on any atom is -0.399 e. The summed E-state index contributed by atoms with van der Waals surface area (Å²) in [6, 6.07) is 8.05. The Morgan fingerprint density at radius 3 is 2.87 bits per heavy atom. The van der Waals surface area contributed by atoms with E-state index in [0.29, 0.717) is 17.6 Å². The van der Waals surface area contributed by atoms with Crippen LogP contribution in [-0.4, -0.2) is 47.9 Å². The number of piperidine rings is 2. The molecule has 0 spiro atoms. The van der Waals surface area contributed by atoms with Crippen LogP contribution in [0.3, 0.4) is 0 Å². The predicted octanol–water partition coefficient (Wildman–Crippen LogP) is 3.00. The third-order valence-corrected chi connectivity index (χ3v) is 5.37. The molecule has 3 rings (SSSR count). The molecule has 1 aromatic carbocycles. The second-order valence-electron chi connectivity index (χ2n) is 7.22. The zero-order valence-electron chi connectivity index (χ0n) is 14.2. The Labute approximate surface area is 139 Å². The third-order valence-electron chi connectivity index (χ3n) is 5.37. The van der Waals surface area contributed by atoms with Crippen molar-refractivity contribution in [3.05, 3.63) is 29.8 Å². The maximum Gasteiger partial charge on any atom is 0.253 e. The van der Waals surface area contributed by atoms with E-state index in [1.54, 1.807) is 6.07 Å². The molecule has 0 radical (unpaired) electrons. The summed E-state index contributed by atoms with van der Waals surface area (Å²) in [6.07, 6.45) is 6.36. The predicted molar refractivity (Wildman–Crippen MR) is 94.4 cm³/mol. The van der Waals surface area contributed by atoms with E-state index in [2.05, 4.69) is 11.8 Å². The molecule has 0 aliphatic carbocycles. The van der Waals surface area contributed by atoms with Crippen molar-refractivity contribution >= 4 is 11.6 Å². The fourth-order valence-electron chi connectivity index (χ4n) is 4.01. The van der Waals surface area contributed by atoms with E-state index in [-0.39, 0.29) is 5.91 Å². The highest BCUT2D eigenvalue weighted by Crippen LogP contribution is 2.24. The van der Waals surface area contributed by atoms with Gasteiger partial charge in [-0.25, -0.2) is 0 Å². The van der Waals surface area contributed by atoms with Crippen LogP contribution in [0.5, 0.6) is 0 Å². The Morgan fingerprint density at radius 1 is 1.22 bits per heavy atom. The van der Waals surface area contributed by atoms with Gasteiger partial charge in [-0.2, -0.15) is 0 Å². The zero-order valence-corrected chi connectivity index (χ0v) is 14.2. The number of hydrogen-bond donors (Lipinski definition) is 1. The van der Waals surface area contributed by atoms with Gasteiger partial charge in [-0.05, 0) is 63.3 Å². The summed E-state index contributed by atoms with van der Waals surface area (Å²) in [5.41, 5.74) is 7.19. The number of carbonyl (C=O) groups excluding carboxylic acids is 1. The topological polar surface area (TPSA) is 49.6 Å². The molecule has 2 aliphatic rings. The van der Waals surface area contributed by atoms with Gasteiger partial charge in [0.2, 0.25) is 0 Å². The Kier molecular flexibility index (Phi) is 5.21. The molecule has 2 aliphatic heterocycles. The molecule has 4 nitrogen and oxygen atoms in total. The molecule has 2 fully saturated rings. The molecule has 2 heterocycles. The van der Waals surface area contributed by atoms with Crippen LogP contribution in [-0.2, 0) is 0 Å². The number of anilines is 1. The summed E-state index contributed by atoms with van der Waals surface area (Å²) < 4.78 is 0. The van der Waals surface area contributed by atoms with Crippen LogP contribution in [0.25, 0.3) is 0 Å². The maximum atomic E-state index is 12.7. The quantitative estimate of drug-likeness (QED) is 0.872. The first-order valence-corrected chi connectivity index (χ1v) is 9.02. The molecule has 0 bridgehead atoms. The molecule has 1 aromatic rings. The summed E-state index contributed by atoms with van der Waals surface area (Å²) in [5, 5.41) is 0. The SMILES string of the molecule is CC1CCCCN1CC1CCCN(C(=O)c2cccc(N)c2)C1. The maximum absolute atomic E-state index is 12.7. The van der Waals surface area contributed by atoms with Gasteiger partial charge in [0.05, 0.1) is 0 Å². The average molecular weight is 315 g/mol. The Morgan fingerprint density at radius 2 is 2.09 bits per heavy atom. The van der Waals surface area contributed by atoms with E-state index in [1.807, 2.05) is 23.1 Å². The molecule has 0 saturated carbocycles. The van der Waals surface area contributed by atoms with Crippen LogP contribution in [0.1, 0.15) is 49.4 Å². The van der Waals surface area contributed by atoms with Gasteiger partial charge in [0.25, 0.3) is 5.91 Å². The number of rotatable bonds is 3. The summed E-state index contributed by atoms with van der Waals surface area (Å²) in [6.45, 7) is 6.47. The molecule has 2 saturated heterocycles. The molecular weight excluding hydrogens is 286 g/mol. The molecule has 2 atom stereocenters. The highest BCUT2D eigenvalue weighted by atomic mass is 16.2. The average Bonchev–Trinajstić information content (AvgIpc) is 2.56. The summed E-state index contributed by atoms with van der Waals surface area (Å²) >= 11 is 0. The van der Waals surface area contributed by atoms with Crippen molar-refractivity contribution in [2.45, 2.75) is 45.1 Å². The van der Waals surface area contributed by atoms with Crippen molar-refractivity contribution < 1.29 is 4.79 Å². The second-order valence-corrected chi connectivity index (χ2v) is 7.22. The highest BCUT2D eigenvalue weighted by molar-refractivity contribution is 5.95. The number of nitrogen functional groups attached to an aromatic ring is 1. The minimum absolute atomic E-state index is 0.133. The van der Waals surface area contributed by atoms with E-state index in [4.69, 9.17) is 5.73 Å². The fourth-order valence-corrected chi connectivity index (χ4v) is 4.01. The van der Waals surface area contributed by atoms with E-state index in [9.17, 15) is 4.79 Å². The van der Waals surface area contributed by atoms with Gasteiger partial charge in [0, 0.05) is 36.9 Å². The van der Waals surface area contributed by atoms with E-state index in [1.165, 1.54) is 32.2 Å². The zero-order chi connectivity index (χ0) is 16.2. The largest absolute Gasteiger partial charge is 0.399 e. The van der Waals surface area contributed by atoms with Gasteiger partial charge in [-0.1, -0.05) is 12.5 Å². The van der Waals surface area contributed by atoms with Crippen molar-refractivity contribution in [2.75, 3.05) is 31.9 Å². The van der Waals surface area contributed by atoms with Crippen LogP contribution in [0.2, 0.25) is 0 Å². The molecule has 2 unspecified atom stereocenters. The lowest BCUT2D eigenvalue weighted by Crippen LogP contribution is -2.46. The Bertz CT molecular complexity index is 545. The van der Waals surface area contributed by atoms with Gasteiger partial charge >= 0.3 is 0 Å². The Balaban J connectivity index is 1.60. The normalized spacial score (nSPS) is 26.2. The summed E-state index contributed by atoms with van der Waals surface area (Å²) in [4.78, 5) is 17.4. The van der Waals surface area contributed by atoms with Gasteiger partial charge in [-0.3, -0.25) is 4.79 Å². The van der Waals surface area contributed by atoms with Crippen LogP contribution >= 0.6 is 0 Å². The highest BCUT2D eigenvalue weighted by Gasteiger charge is 2.28. The first kappa shape index (κ1) is 16.3. The van der Waals surface area contributed by atoms with Crippen LogP contribution < -0.4 is 5.73 Å². The minimum atomic E-state index is 0.133. The second kappa shape index (κ2) is 7.35. The first-order chi connectivity index (χ1) is 11.1. The molecule has 23 heavy (non-hydrogen) atoms. The van der Waals surface area contributed by atoms with Gasteiger partial charge in [-0.15, -0.1) is 0 Å². The van der Waals surface area contributed by atoms with E-state index in [0.717, 1.165) is 31.6 Å². The molecule has 126 valence electrons. The molecular formula is C19H29N3O. The molecule has 1 amide bonds. The third kappa shape index (κ3) is 4.05. The standard InChI is InChI=1S/C19H29N3O/c1-15-6-2-3-10-21(15)13-16-7-5-11-22(14-16)19(23)17-8-4-9-18(20)12-17/h4,8-9,12,15-16H,2-3,5-7,10-11,13-14,20H2,1H3. The number of nitrogens with two attached hydrogens (primary N) is 1. The van der Waals surface area contributed by atoms with Crippen LogP contribution in [0, 0.1) is 5.92 Å². The summed E-state index contributed by atoms with van der Waals surface area (Å²) in [7, 11) is 0. The number of likely N-dealkylation sites (tertiary alicyclic amines) is 2. The van der Waals surface area contributed by atoms with Gasteiger partial charge < -0.3 is 15.5 Å². The molecule has 4 heteroatoms. The fraction of sp³-hybridized carbons (Fsp3) is 0.632. The van der Waals surface area contributed by atoms with E-state index >= 15 is 0 Å². The summed E-state index contributed by atoms with van der Waals surface area (Å²) in [5.74, 6) is 0.739. The van der Waals surface area contributed by atoms with Gasteiger partial charge in [0.15, 0.2) is 0 Å². The van der Waals surface area contributed by atoms with Crippen LogP contribution in [0.4, 0.5) is 5.69 Å². The van der Waals surface area contributed by atoms with Crippen LogP contribution in [0.15, 0.2) is 24.3 Å². The number of amides is 1. The number of nitrogens with zero attached hydrogens (tertiary/aromatic N) is 2. The van der Waals surface area contributed by atoms with E-state index < -0.39 is 0 Å². The Hall–Kier alpha value is -1.55. The number of carbonyl (C=O) groups is 1. The van der Waals surface area contributed by atoms with Crippen molar-refractivity contribution in [2.24, 2.45) is 5.92 Å². The monoisotopic (exact) mass is 315 g/mol. The number of benzene rings is 1. The lowest BCUT2D eigenvalue weighted by molar-refractivity contribution is 0.0594. The van der Waals surface area contributed by atoms with Crippen molar-refractivity contribution in [3.8, 4) is 0 Å². The number of hydrogen-bond acceptors (Lipinski definition) is 3. The van der Waals surface area contributed by atoms with Crippen molar-refractivity contribution in [1.82, 2.24) is 9.80 Å². The smallest absolute Gasteiger partial charge is 0.253 e.